The minimum Gasteiger partial charge on any atom is -0.354 e. The van der Waals surface area contributed by atoms with E-state index in [0.29, 0.717) is 5.02 Å². The van der Waals surface area contributed by atoms with Crippen LogP contribution >= 0.6 is 11.6 Å². The van der Waals surface area contributed by atoms with Crippen molar-refractivity contribution in [2.24, 2.45) is 0 Å². The van der Waals surface area contributed by atoms with Crippen molar-refractivity contribution in [3.63, 3.8) is 0 Å². The zero-order valence-electron chi connectivity index (χ0n) is 20.3. The number of rotatable bonds is 4. The van der Waals surface area contributed by atoms with E-state index in [1.165, 1.54) is 0 Å². The third-order valence-corrected chi connectivity index (χ3v) is 8.04. The molecule has 34 heavy (non-hydrogen) atoms. The fourth-order valence-corrected chi connectivity index (χ4v) is 5.84. The standard InChI is InChI=1S/C26H35ClN6O/c1-20-28-23(31-13-11-30(2)12-14-31)19-24(29-20)32-15-17-33(18-16-32)25(34)26(9-3-4-10-26)21-5-7-22(27)8-6-21/h5-8,19H,3-4,9-18H2,1-2H3. The molecule has 3 fully saturated rings. The summed E-state index contributed by atoms with van der Waals surface area (Å²) in [7, 11) is 2.16. The van der Waals surface area contributed by atoms with E-state index in [1.807, 2.05) is 31.2 Å². The smallest absolute Gasteiger partial charge is 0.233 e. The maximum Gasteiger partial charge on any atom is 0.233 e. The Bertz CT molecular complexity index is 1010. The molecule has 1 aliphatic carbocycles. The molecule has 7 nitrogen and oxygen atoms in total. The lowest BCUT2D eigenvalue weighted by atomic mass is 9.77. The third-order valence-electron chi connectivity index (χ3n) is 7.79. The van der Waals surface area contributed by atoms with Gasteiger partial charge in [-0.25, -0.2) is 9.97 Å². The number of aryl methyl sites for hydroxylation is 1. The number of hydrogen-bond donors (Lipinski definition) is 0. The van der Waals surface area contributed by atoms with Gasteiger partial charge in [0.05, 0.1) is 5.41 Å². The molecule has 0 N–H and O–H groups in total. The van der Waals surface area contributed by atoms with Crippen LogP contribution < -0.4 is 9.80 Å². The Labute approximate surface area is 207 Å². The molecular formula is C26H35ClN6O. The highest BCUT2D eigenvalue weighted by molar-refractivity contribution is 6.30. The Kier molecular flexibility index (Phi) is 6.67. The summed E-state index contributed by atoms with van der Waals surface area (Å²) < 4.78 is 0. The molecule has 1 saturated carbocycles. The van der Waals surface area contributed by atoms with Gasteiger partial charge in [-0.05, 0) is 44.5 Å². The number of anilines is 2. The number of hydrogen-bond acceptors (Lipinski definition) is 6. The third kappa shape index (κ3) is 4.60. The molecule has 1 amide bonds. The van der Waals surface area contributed by atoms with Crippen molar-refractivity contribution in [3.05, 3.63) is 46.7 Å². The molecule has 0 bridgehead atoms. The van der Waals surface area contributed by atoms with Gasteiger partial charge in [-0.3, -0.25) is 4.79 Å². The summed E-state index contributed by atoms with van der Waals surface area (Å²) in [5, 5.41) is 0.717. The number of aromatic nitrogens is 2. The van der Waals surface area contributed by atoms with E-state index in [9.17, 15) is 4.79 Å². The van der Waals surface area contributed by atoms with Crippen LogP contribution in [0.15, 0.2) is 30.3 Å². The highest BCUT2D eigenvalue weighted by Gasteiger charge is 2.45. The minimum absolute atomic E-state index is 0.281. The van der Waals surface area contributed by atoms with E-state index in [4.69, 9.17) is 21.6 Å². The van der Waals surface area contributed by atoms with Crippen molar-refractivity contribution in [1.82, 2.24) is 19.8 Å². The molecule has 5 rings (SSSR count). The summed E-state index contributed by atoms with van der Waals surface area (Å²) in [6, 6.07) is 10.0. The molecule has 2 aliphatic heterocycles. The number of likely N-dealkylation sites (N-methyl/N-ethyl adjacent to an activating group) is 1. The first-order valence-electron chi connectivity index (χ1n) is 12.5. The highest BCUT2D eigenvalue weighted by atomic mass is 35.5. The van der Waals surface area contributed by atoms with E-state index >= 15 is 0 Å². The minimum atomic E-state index is -0.396. The number of nitrogens with zero attached hydrogens (tertiary/aromatic N) is 6. The van der Waals surface area contributed by atoms with Crippen molar-refractivity contribution in [1.29, 1.82) is 0 Å². The predicted molar refractivity (Wildman–Crippen MR) is 137 cm³/mol. The van der Waals surface area contributed by atoms with Gasteiger partial charge in [0.25, 0.3) is 0 Å². The molecule has 8 heteroatoms. The molecule has 2 saturated heterocycles. The molecule has 2 aromatic rings. The van der Waals surface area contributed by atoms with Gasteiger partial charge in [0, 0.05) is 63.4 Å². The molecule has 1 aromatic carbocycles. The van der Waals surface area contributed by atoms with Crippen LogP contribution in [0.25, 0.3) is 0 Å². The van der Waals surface area contributed by atoms with Crippen molar-refractivity contribution in [2.75, 3.05) is 69.2 Å². The fourth-order valence-electron chi connectivity index (χ4n) is 5.71. The van der Waals surface area contributed by atoms with Crippen LogP contribution in [0.4, 0.5) is 11.6 Å². The Morgan fingerprint density at radius 2 is 1.38 bits per heavy atom. The number of carbonyl (C=O) groups is 1. The Hall–Kier alpha value is -2.38. The summed E-state index contributed by atoms with van der Waals surface area (Å²) in [6.45, 7) is 9.08. The largest absolute Gasteiger partial charge is 0.354 e. The van der Waals surface area contributed by atoms with Crippen LogP contribution in [-0.4, -0.2) is 85.1 Å². The molecule has 1 aromatic heterocycles. The van der Waals surface area contributed by atoms with E-state index < -0.39 is 5.41 Å². The molecule has 0 atom stereocenters. The second kappa shape index (κ2) is 9.70. The van der Waals surface area contributed by atoms with Gasteiger partial charge < -0.3 is 19.6 Å². The lowest BCUT2D eigenvalue weighted by Crippen LogP contribution is -2.54. The van der Waals surface area contributed by atoms with Crippen LogP contribution in [-0.2, 0) is 10.2 Å². The number of benzene rings is 1. The first-order valence-corrected chi connectivity index (χ1v) is 12.9. The Morgan fingerprint density at radius 1 is 0.853 bits per heavy atom. The van der Waals surface area contributed by atoms with Crippen LogP contribution in [0.5, 0.6) is 0 Å². The molecule has 182 valence electrons. The van der Waals surface area contributed by atoms with E-state index in [1.54, 1.807) is 0 Å². The fraction of sp³-hybridized carbons (Fsp3) is 0.577. The summed E-state index contributed by atoms with van der Waals surface area (Å²) in [6.07, 6.45) is 4.05. The van der Waals surface area contributed by atoms with Gasteiger partial charge in [-0.1, -0.05) is 36.6 Å². The van der Waals surface area contributed by atoms with Gasteiger partial charge >= 0.3 is 0 Å². The molecule has 0 unspecified atom stereocenters. The number of amides is 1. The summed E-state index contributed by atoms with van der Waals surface area (Å²) in [5.74, 6) is 3.07. The average Bonchev–Trinajstić information content (AvgIpc) is 3.35. The molecule has 3 aliphatic rings. The van der Waals surface area contributed by atoms with Gasteiger partial charge in [0.2, 0.25) is 5.91 Å². The normalized spacial score (nSPS) is 21.2. The summed E-state index contributed by atoms with van der Waals surface area (Å²) in [5.41, 5.74) is 0.720. The Morgan fingerprint density at radius 3 is 1.94 bits per heavy atom. The average molecular weight is 483 g/mol. The van der Waals surface area contributed by atoms with Crippen molar-refractivity contribution < 1.29 is 4.79 Å². The summed E-state index contributed by atoms with van der Waals surface area (Å²) in [4.78, 5) is 32.4. The van der Waals surface area contributed by atoms with Crippen LogP contribution in [0.3, 0.4) is 0 Å². The summed E-state index contributed by atoms with van der Waals surface area (Å²) >= 11 is 6.13. The van der Waals surface area contributed by atoms with E-state index in [0.717, 1.165) is 101 Å². The number of halogens is 1. The lowest BCUT2D eigenvalue weighted by molar-refractivity contribution is -0.137. The van der Waals surface area contributed by atoms with Gasteiger partial charge in [0.1, 0.15) is 17.5 Å². The quantitative estimate of drug-likeness (QED) is 0.666. The SMILES string of the molecule is Cc1nc(N2CCN(C)CC2)cc(N2CCN(C(=O)C3(c4ccc(Cl)cc4)CCCC3)CC2)n1. The van der Waals surface area contributed by atoms with Crippen LogP contribution in [0.1, 0.15) is 37.1 Å². The molecule has 3 heterocycles. The first-order chi connectivity index (χ1) is 16.4. The van der Waals surface area contributed by atoms with Crippen LogP contribution in [0.2, 0.25) is 5.02 Å². The monoisotopic (exact) mass is 482 g/mol. The molecular weight excluding hydrogens is 448 g/mol. The number of carbonyl (C=O) groups excluding carboxylic acids is 1. The second-order valence-corrected chi connectivity index (χ2v) is 10.4. The van der Waals surface area contributed by atoms with Crippen molar-refractivity contribution >= 4 is 29.1 Å². The molecule has 0 spiro atoms. The maximum atomic E-state index is 13.8. The van der Waals surface area contributed by atoms with Gasteiger partial charge in [0.15, 0.2) is 0 Å². The predicted octanol–water partition coefficient (Wildman–Crippen LogP) is 3.35. The van der Waals surface area contributed by atoms with Crippen LogP contribution in [0, 0.1) is 6.92 Å². The second-order valence-electron chi connectivity index (χ2n) is 10.00. The van der Waals surface area contributed by atoms with Crippen molar-refractivity contribution in [2.45, 2.75) is 38.0 Å². The Balaban J connectivity index is 1.28. The maximum absolute atomic E-state index is 13.8. The highest BCUT2D eigenvalue weighted by Crippen LogP contribution is 2.43. The van der Waals surface area contributed by atoms with Gasteiger partial charge in [-0.15, -0.1) is 0 Å². The van der Waals surface area contributed by atoms with E-state index in [-0.39, 0.29) is 5.91 Å². The van der Waals surface area contributed by atoms with Gasteiger partial charge in [-0.2, -0.15) is 0 Å². The number of piperazine rings is 2. The lowest BCUT2D eigenvalue weighted by Gasteiger charge is -2.40. The first kappa shape index (κ1) is 23.4. The van der Waals surface area contributed by atoms with E-state index in [2.05, 4.69) is 32.7 Å². The van der Waals surface area contributed by atoms with Crippen molar-refractivity contribution in [3.8, 4) is 0 Å². The molecule has 0 radical (unpaired) electrons. The zero-order valence-corrected chi connectivity index (χ0v) is 21.1. The zero-order chi connectivity index (χ0) is 23.7. The topological polar surface area (TPSA) is 55.8 Å².